The normalized spacial score (nSPS) is 32.2. The Balaban J connectivity index is 2.08. The average molecular weight is 278 g/mol. The van der Waals surface area contributed by atoms with E-state index in [2.05, 4.69) is 13.8 Å². The van der Waals surface area contributed by atoms with Crippen LogP contribution in [-0.4, -0.2) is 64.1 Å². The van der Waals surface area contributed by atoms with Gasteiger partial charge in [-0.3, -0.25) is 9.80 Å². The zero-order valence-electron chi connectivity index (χ0n) is 12.5. The molecule has 3 atom stereocenters. The number of hydrogen-bond acceptors (Lipinski definition) is 2. The van der Waals surface area contributed by atoms with Gasteiger partial charge in [-0.05, 0) is 18.4 Å². The molecule has 3 rings (SSSR count). The summed E-state index contributed by atoms with van der Waals surface area (Å²) in [4.78, 5) is 31.9. The molecule has 0 aromatic heterocycles. The van der Waals surface area contributed by atoms with Gasteiger partial charge in [0.1, 0.15) is 6.17 Å². The molecule has 2 fully saturated rings. The van der Waals surface area contributed by atoms with Crippen molar-refractivity contribution < 1.29 is 9.59 Å². The van der Waals surface area contributed by atoms with Crippen LogP contribution >= 0.6 is 0 Å². The lowest BCUT2D eigenvalue weighted by molar-refractivity contribution is 0.112. The number of hydrogen-bond donors (Lipinski definition) is 0. The van der Waals surface area contributed by atoms with Crippen LogP contribution < -0.4 is 0 Å². The molecule has 110 valence electrons. The van der Waals surface area contributed by atoms with Crippen LogP contribution in [0, 0.1) is 0 Å². The average Bonchev–Trinajstić information content (AvgIpc) is 2.84. The van der Waals surface area contributed by atoms with Crippen molar-refractivity contribution in [2.75, 3.05) is 14.1 Å². The summed E-state index contributed by atoms with van der Waals surface area (Å²) >= 11 is 0. The van der Waals surface area contributed by atoms with Crippen molar-refractivity contribution in [3.05, 3.63) is 11.8 Å². The molecule has 0 bridgehead atoms. The quantitative estimate of drug-likeness (QED) is 0.791. The number of carbonyl (C=O) groups is 2. The Hall–Kier alpha value is -1.72. The number of carbonyl (C=O) groups excluding carboxylic acids is 2. The maximum Gasteiger partial charge on any atom is 0.327 e. The van der Waals surface area contributed by atoms with E-state index in [-0.39, 0.29) is 30.4 Å². The molecule has 6 heteroatoms. The minimum absolute atomic E-state index is 0.0229. The number of rotatable bonds is 3. The fourth-order valence-corrected chi connectivity index (χ4v) is 3.72. The fraction of sp³-hybridized carbons (Fsp3) is 0.714. The maximum atomic E-state index is 12.6. The number of nitrogens with zero attached hydrogens (tertiary/aromatic N) is 4. The first-order valence-electron chi connectivity index (χ1n) is 7.33. The standard InChI is InChI=1S/C14H22N4O2/c1-5-7-10-9(6-2)8-17-12-11(15(3)13(17)19)16(4)14(20)18(10)12/h8,10-12H,5-7H2,1-4H3/t10-,11+,12-/m0/s1. The third kappa shape index (κ3) is 1.45. The zero-order chi connectivity index (χ0) is 14.6. The van der Waals surface area contributed by atoms with E-state index in [1.807, 2.05) is 11.1 Å². The Morgan fingerprint density at radius 1 is 1.05 bits per heavy atom. The lowest BCUT2D eigenvalue weighted by atomic mass is 9.97. The molecule has 0 saturated carbocycles. The molecule has 0 N–H and O–H groups in total. The molecule has 20 heavy (non-hydrogen) atoms. The second-order valence-corrected chi connectivity index (χ2v) is 5.79. The molecule has 0 aromatic rings. The van der Waals surface area contributed by atoms with Crippen LogP contribution in [0.15, 0.2) is 11.8 Å². The summed E-state index contributed by atoms with van der Waals surface area (Å²) in [5.41, 5.74) is 1.18. The van der Waals surface area contributed by atoms with Gasteiger partial charge in [0.25, 0.3) is 0 Å². The van der Waals surface area contributed by atoms with E-state index in [9.17, 15) is 9.59 Å². The maximum absolute atomic E-state index is 12.6. The van der Waals surface area contributed by atoms with Gasteiger partial charge in [0.2, 0.25) is 0 Å². The van der Waals surface area contributed by atoms with E-state index in [1.54, 1.807) is 28.8 Å². The number of amides is 4. The SMILES string of the molecule is CCC[C@H]1C(CC)=CN2C(=O)N(C)[C@H]3[C@@H]2N1C(=O)N3C. The Kier molecular flexibility index (Phi) is 2.92. The number of urea groups is 2. The van der Waals surface area contributed by atoms with Gasteiger partial charge in [-0.15, -0.1) is 0 Å². The van der Waals surface area contributed by atoms with Crippen LogP contribution in [0.5, 0.6) is 0 Å². The highest BCUT2D eigenvalue weighted by Gasteiger charge is 2.59. The molecule has 2 saturated heterocycles. The molecule has 3 aliphatic heterocycles. The third-order valence-corrected chi connectivity index (χ3v) is 4.71. The predicted molar refractivity (Wildman–Crippen MR) is 74.6 cm³/mol. The summed E-state index contributed by atoms with van der Waals surface area (Å²) in [7, 11) is 3.56. The van der Waals surface area contributed by atoms with E-state index >= 15 is 0 Å². The minimum Gasteiger partial charge on any atom is -0.303 e. The van der Waals surface area contributed by atoms with Crippen LogP contribution in [0.25, 0.3) is 0 Å². The molecule has 0 radical (unpaired) electrons. The van der Waals surface area contributed by atoms with Crippen molar-refractivity contribution in [1.82, 2.24) is 19.6 Å². The summed E-state index contributed by atoms with van der Waals surface area (Å²) < 4.78 is 0. The molecular weight excluding hydrogens is 256 g/mol. The molecule has 3 aliphatic rings. The van der Waals surface area contributed by atoms with E-state index in [1.165, 1.54) is 5.57 Å². The molecule has 0 aliphatic carbocycles. The Morgan fingerprint density at radius 2 is 1.70 bits per heavy atom. The van der Waals surface area contributed by atoms with Crippen LogP contribution in [0.2, 0.25) is 0 Å². The van der Waals surface area contributed by atoms with Gasteiger partial charge in [0, 0.05) is 20.3 Å². The van der Waals surface area contributed by atoms with Crippen molar-refractivity contribution in [2.24, 2.45) is 0 Å². The van der Waals surface area contributed by atoms with Gasteiger partial charge < -0.3 is 9.80 Å². The summed E-state index contributed by atoms with van der Waals surface area (Å²) in [6.07, 6.45) is 4.47. The Morgan fingerprint density at radius 3 is 2.30 bits per heavy atom. The van der Waals surface area contributed by atoms with Crippen molar-refractivity contribution >= 4 is 12.1 Å². The lowest BCUT2D eigenvalue weighted by Gasteiger charge is -2.40. The van der Waals surface area contributed by atoms with Gasteiger partial charge in [-0.2, -0.15) is 0 Å². The summed E-state index contributed by atoms with van der Waals surface area (Å²) in [5, 5.41) is 0. The monoisotopic (exact) mass is 278 g/mol. The smallest absolute Gasteiger partial charge is 0.303 e. The molecule has 3 heterocycles. The van der Waals surface area contributed by atoms with Crippen LogP contribution in [0.1, 0.15) is 33.1 Å². The third-order valence-electron chi connectivity index (χ3n) is 4.71. The van der Waals surface area contributed by atoms with Gasteiger partial charge in [0.05, 0.1) is 6.04 Å². The van der Waals surface area contributed by atoms with E-state index in [0.717, 1.165) is 19.3 Å². The van der Waals surface area contributed by atoms with Gasteiger partial charge >= 0.3 is 12.1 Å². The molecule has 0 spiro atoms. The van der Waals surface area contributed by atoms with Crippen molar-refractivity contribution in [3.8, 4) is 0 Å². The highest BCUT2D eigenvalue weighted by atomic mass is 16.2. The fourth-order valence-electron chi connectivity index (χ4n) is 3.72. The minimum atomic E-state index is -0.177. The van der Waals surface area contributed by atoms with Crippen molar-refractivity contribution in [1.29, 1.82) is 0 Å². The van der Waals surface area contributed by atoms with Crippen LogP contribution in [0.3, 0.4) is 0 Å². The Bertz CT molecular complexity index is 490. The second kappa shape index (κ2) is 4.40. The molecule has 6 nitrogen and oxygen atoms in total. The zero-order valence-corrected chi connectivity index (χ0v) is 12.5. The highest BCUT2D eigenvalue weighted by molar-refractivity contribution is 5.86. The topological polar surface area (TPSA) is 47.1 Å². The van der Waals surface area contributed by atoms with Gasteiger partial charge in [-0.1, -0.05) is 20.3 Å². The first kappa shape index (κ1) is 13.3. The largest absolute Gasteiger partial charge is 0.327 e. The Labute approximate surface area is 119 Å². The van der Waals surface area contributed by atoms with E-state index in [4.69, 9.17) is 0 Å². The van der Waals surface area contributed by atoms with Gasteiger partial charge in [0.15, 0.2) is 6.17 Å². The van der Waals surface area contributed by atoms with E-state index < -0.39 is 0 Å². The predicted octanol–water partition coefficient (Wildman–Crippen LogP) is 1.85. The molecule has 0 unspecified atom stereocenters. The van der Waals surface area contributed by atoms with Crippen LogP contribution in [-0.2, 0) is 0 Å². The molecule has 4 amide bonds. The first-order valence-corrected chi connectivity index (χ1v) is 7.33. The lowest BCUT2D eigenvalue weighted by Crippen LogP contribution is -2.53. The summed E-state index contributed by atoms with van der Waals surface area (Å²) in [5.74, 6) is 0. The molecular formula is C14H22N4O2. The molecule has 0 aromatic carbocycles. The van der Waals surface area contributed by atoms with E-state index in [0.29, 0.717) is 0 Å². The van der Waals surface area contributed by atoms with Crippen LogP contribution in [0.4, 0.5) is 9.59 Å². The number of likely N-dealkylation sites (N-methyl/N-ethyl adjacent to an activating group) is 2. The first-order chi connectivity index (χ1) is 9.52. The highest BCUT2D eigenvalue weighted by Crippen LogP contribution is 2.41. The van der Waals surface area contributed by atoms with Crippen molar-refractivity contribution in [2.45, 2.75) is 51.5 Å². The van der Waals surface area contributed by atoms with Gasteiger partial charge in [-0.25, -0.2) is 9.59 Å². The summed E-state index contributed by atoms with van der Waals surface area (Å²) in [6.45, 7) is 4.22. The second-order valence-electron chi connectivity index (χ2n) is 5.79. The summed E-state index contributed by atoms with van der Waals surface area (Å²) in [6, 6.07) is 0.137. The van der Waals surface area contributed by atoms with Crippen molar-refractivity contribution in [3.63, 3.8) is 0 Å².